The van der Waals surface area contributed by atoms with Gasteiger partial charge in [-0.15, -0.1) is 11.3 Å². The molecule has 0 amide bonds. The molecule has 2 aromatic heterocycles. The van der Waals surface area contributed by atoms with Crippen molar-refractivity contribution in [3.63, 3.8) is 0 Å². The third kappa shape index (κ3) is 4.36. The average Bonchev–Trinajstić information content (AvgIpc) is 3.17. The predicted molar refractivity (Wildman–Crippen MR) is 93.8 cm³/mol. The van der Waals surface area contributed by atoms with Crippen LogP contribution in [0.1, 0.15) is 16.1 Å². The van der Waals surface area contributed by atoms with E-state index in [0.717, 1.165) is 16.8 Å². The molecule has 142 valence electrons. The second-order valence-electron chi connectivity index (χ2n) is 5.81. The van der Waals surface area contributed by atoms with E-state index in [1.54, 1.807) is 12.1 Å². The average molecular weight is 399 g/mol. The summed E-state index contributed by atoms with van der Waals surface area (Å²) in [4.78, 5) is 1.23. The molecule has 0 atom stereocenters. The molecule has 0 saturated heterocycles. The number of rotatable bonds is 5. The van der Waals surface area contributed by atoms with Crippen molar-refractivity contribution >= 4 is 17.0 Å². The molecule has 27 heavy (non-hydrogen) atoms. The van der Waals surface area contributed by atoms with Crippen LogP contribution in [0.3, 0.4) is 0 Å². The van der Waals surface area contributed by atoms with Gasteiger partial charge in [-0.1, -0.05) is 6.58 Å². The summed E-state index contributed by atoms with van der Waals surface area (Å²) in [6, 6.07) is 7.53. The minimum Gasteiger partial charge on any atom is -0.380 e. The van der Waals surface area contributed by atoms with Gasteiger partial charge in [0.05, 0.1) is 9.75 Å². The van der Waals surface area contributed by atoms with Crippen molar-refractivity contribution < 1.29 is 22.0 Å². The zero-order chi connectivity index (χ0) is 19.8. The first-order chi connectivity index (χ1) is 12.6. The van der Waals surface area contributed by atoms with Crippen molar-refractivity contribution in [3.05, 3.63) is 70.7 Å². The smallest absolute Gasteiger partial charge is 0.380 e. The van der Waals surface area contributed by atoms with Crippen molar-refractivity contribution in [2.45, 2.75) is 12.7 Å². The van der Waals surface area contributed by atoms with Crippen LogP contribution in [0.4, 0.5) is 22.0 Å². The molecule has 3 aromatic rings. The van der Waals surface area contributed by atoms with Gasteiger partial charge in [0.2, 0.25) is 0 Å². The van der Waals surface area contributed by atoms with Crippen molar-refractivity contribution in [2.24, 2.45) is 7.05 Å². The number of hydrogen-bond acceptors (Lipinski definition) is 3. The van der Waals surface area contributed by atoms with Crippen molar-refractivity contribution in [2.75, 3.05) is 0 Å². The molecular formula is C18H14F5N3S. The normalized spacial score (nSPS) is 11.6. The summed E-state index contributed by atoms with van der Waals surface area (Å²) in [5.41, 5.74) is 0.270. The first-order valence-electron chi connectivity index (χ1n) is 7.73. The van der Waals surface area contributed by atoms with Gasteiger partial charge in [0.15, 0.2) is 0 Å². The van der Waals surface area contributed by atoms with Crippen LogP contribution in [0.2, 0.25) is 0 Å². The second kappa shape index (κ2) is 7.15. The molecule has 3 nitrogen and oxygen atoms in total. The van der Waals surface area contributed by atoms with Crippen LogP contribution in [0, 0.1) is 11.6 Å². The maximum Gasteiger partial charge on any atom is 0.433 e. The van der Waals surface area contributed by atoms with Gasteiger partial charge in [0.25, 0.3) is 0 Å². The third-order valence-corrected chi connectivity index (χ3v) is 4.92. The number of hydrogen-bond donors (Lipinski definition) is 1. The van der Waals surface area contributed by atoms with Crippen LogP contribution in [-0.2, 0) is 19.8 Å². The lowest BCUT2D eigenvalue weighted by atomic mass is 10.2. The zero-order valence-corrected chi connectivity index (χ0v) is 14.9. The molecule has 0 spiro atoms. The minimum absolute atomic E-state index is 0.155. The Morgan fingerprint density at radius 1 is 1.15 bits per heavy atom. The molecule has 3 rings (SSSR count). The zero-order valence-electron chi connectivity index (χ0n) is 14.1. The molecule has 0 aliphatic heterocycles. The van der Waals surface area contributed by atoms with Crippen molar-refractivity contribution in [1.29, 1.82) is 0 Å². The Kier molecular flexibility index (Phi) is 5.05. The van der Waals surface area contributed by atoms with Crippen LogP contribution in [0.25, 0.3) is 16.3 Å². The van der Waals surface area contributed by atoms with E-state index < -0.39 is 23.5 Å². The fraction of sp³-hybridized carbons (Fsp3) is 0.167. The van der Waals surface area contributed by atoms with E-state index in [2.05, 4.69) is 17.0 Å². The standard InChI is InChI=1S/C18H14F5N3S/c1-10(24-9-11-5-12(19)7-13(20)6-11)15-3-4-16(27-15)14-8-17(18(21,22)23)26(2)25-14/h3-8,24H,1,9H2,2H3. The van der Waals surface area contributed by atoms with Gasteiger partial charge in [-0.2, -0.15) is 18.3 Å². The third-order valence-electron chi connectivity index (χ3n) is 3.75. The highest BCUT2D eigenvalue weighted by atomic mass is 32.1. The van der Waals surface area contributed by atoms with Crippen molar-refractivity contribution in [1.82, 2.24) is 15.1 Å². The SMILES string of the molecule is C=C(NCc1cc(F)cc(F)c1)c1ccc(-c2cc(C(F)(F)F)n(C)n2)s1. The summed E-state index contributed by atoms with van der Waals surface area (Å²) in [6.07, 6.45) is -4.48. The molecule has 0 radical (unpaired) electrons. The molecule has 1 N–H and O–H groups in total. The predicted octanol–water partition coefficient (Wildman–Crippen LogP) is 5.21. The molecule has 1 aromatic carbocycles. The number of thiophene rings is 1. The monoisotopic (exact) mass is 399 g/mol. The van der Waals surface area contributed by atoms with E-state index in [1.807, 2.05) is 0 Å². The van der Waals surface area contributed by atoms with Crippen LogP contribution < -0.4 is 5.32 Å². The summed E-state index contributed by atoms with van der Waals surface area (Å²) in [5.74, 6) is -1.35. The van der Waals surface area contributed by atoms with Crippen LogP contribution >= 0.6 is 11.3 Å². The molecule has 0 saturated carbocycles. The first kappa shape index (κ1) is 19.1. The van der Waals surface area contributed by atoms with E-state index in [9.17, 15) is 22.0 Å². The fourth-order valence-electron chi connectivity index (χ4n) is 2.50. The van der Waals surface area contributed by atoms with Gasteiger partial charge >= 0.3 is 6.18 Å². The Hall–Kier alpha value is -2.68. The first-order valence-corrected chi connectivity index (χ1v) is 8.54. The topological polar surface area (TPSA) is 29.9 Å². The number of aromatic nitrogens is 2. The Balaban J connectivity index is 1.73. The number of alkyl halides is 3. The molecule has 0 fully saturated rings. The number of benzene rings is 1. The highest BCUT2D eigenvalue weighted by molar-refractivity contribution is 7.16. The lowest BCUT2D eigenvalue weighted by molar-refractivity contribution is -0.143. The Morgan fingerprint density at radius 3 is 2.41 bits per heavy atom. The maximum absolute atomic E-state index is 13.2. The molecule has 2 heterocycles. The van der Waals surface area contributed by atoms with Crippen LogP contribution in [0.5, 0.6) is 0 Å². The summed E-state index contributed by atoms with van der Waals surface area (Å²) in [5, 5.41) is 6.86. The fourth-order valence-corrected chi connectivity index (χ4v) is 3.41. The molecule has 0 aliphatic carbocycles. The Labute approximate surface area is 155 Å². The molecule has 0 unspecified atom stereocenters. The van der Waals surface area contributed by atoms with Crippen LogP contribution in [-0.4, -0.2) is 9.78 Å². The number of aryl methyl sites for hydroxylation is 1. The summed E-state index contributed by atoms with van der Waals surface area (Å²) in [7, 11) is 1.24. The number of halogens is 5. The van der Waals surface area contributed by atoms with Gasteiger partial charge in [0, 0.05) is 25.4 Å². The minimum atomic E-state index is -4.48. The summed E-state index contributed by atoms with van der Waals surface area (Å²) in [6.45, 7) is 4.02. The quantitative estimate of drug-likeness (QED) is 0.597. The van der Waals surface area contributed by atoms with E-state index in [-0.39, 0.29) is 12.2 Å². The number of nitrogens with zero attached hydrogens (tertiary/aromatic N) is 2. The van der Waals surface area contributed by atoms with Gasteiger partial charge in [-0.25, -0.2) is 8.78 Å². The van der Waals surface area contributed by atoms with Gasteiger partial charge in [-0.05, 0) is 35.9 Å². The lowest BCUT2D eigenvalue weighted by Gasteiger charge is -2.08. The van der Waals surface area contributed by atoms with Crippen molar-refractivity contribution in [3.8, 4) is 10.6 Å². The molecular weight excluding hydrogens is 385 g/mol. The van der Waals surface area contributed by atoms with E-state index in [4.69, 9.17) is 0 Å². The lowest BCUT2D eigenvalue weighted by Crippen LogP contribution is -2.11. The summed E-state index contributed by atoms with van der Waals surface area (Å²) < 4.78 is 65.9. The Bertz CT molecular complexity index is 967. The molecule has 0 bridgehead atoms. The summed E-state index contributed by atoms with van der Waals surface area (Å²) >= 11 is 1.21. The van der Waals surface area contributed by atoms with Gasteiger partial charge < -0.3 is 5.32 Å². The Morgan fingerprint density at radius 2 is 1.81 bits per heavy atom. The van der Waals surface area contributed by atoms with E-state index in [0.29, 0.717) is 21.0 Å². The largest absolute Gasteiger partial charge is 0.433 e. The van der Waals surface area contributed by atoms with E-state index in [1.165, 1.54) is 30.5 Å². The highest BCUT2D eigenvalue weighted by Gasteiger charge is 2.35. The number of nitrogens with one attached hydrogen (secondary N) is 1. The molecule has 0 aliphatic rings. The second-order valence-corrected chi connectivity index (χ2v) is 6.89. The maximum atomic E-state index is 13.2. The van der Waals surface area contributed by atoms with Gasteiger partial charge in [-0.3, -0.25) is 4.68 Å². The van der Waals surface area contributed by atoms with Gasteiger partial charge in [0.1, 0.15) is 23.0 Å². The van der Waals surface area contributed by atoms with Crippen LogP contribution in [0.15, 0.2) is 43.0 Å². The van der Waals surface area contributed by atoms with E-state index >= 15 is 0 Å². The highest BCUT2D eigenvalue weighted by Crippen LogP contribution is 2.35. The molecule has 9 heteroatoms.